The lowest BCUT2D eigenvalue weighted by Crippen LogP contribution is -2.26. The number of methoxy groups -OCH3 is 1. The van der Waals surface area contributed by atoms with Crippen molar-refractivity contribution in [3.8, 4) is 5.75 Å². The average molecular weight is 320 g/mol. The summed E-state index contributed by atoms with van der Waals surface area (Å²) in [5.74, 6) is 0.185. The summed E-state index contributed by atoms with van der Waals surface area (Å²) in [5, 5.41) is 13.3. The standard InChI is InChI=1S/C17H18ClNO3/c1-22-16-8-7-13(18)11-14(16)17(21)19-10-9-15(20)12-5-3-2-4-6-12/h2-8,11,15,20H,9-10H2,1H3,(H,19,21). The normalized spacial score (nSPS) is 11.8. The molecular formula is C17H18ClNO3. The molecule has 0 aromatic heterocycles. The average Bonchev–Trinajstić information content (AvgIpc) is 2.55. The van der Waals surface area contributed by atoms with Crippen LogP contribution in [0.1, 0.15) is 28.4 Å². The SMILES string of the molecule is COc1ccc(Cl)cc1C(=O)NCCC(O)c1ccccc1. The van der Waals surface area contributed by atoms with E-state index in [4.69, 9.17) is 16.3 Å². The van der Waals surface area contributed by atoms with Crippen LogP contribution in [0.5, 0.6) is 5.75 Å². The van der Waals surface area contributed by atoms with E-state index in [1.54, 1.807) is 18.2 Å². The van der Waals surface area contributed by atoms with Crippen molar-refractivity contribution in [2.75, 3.05) is 13.7 Å². The van der Waals surface area contributed by atoms with Crippen LogP contribution in [0.15, 0.2) is 48.5 Å². The van der Waals surface area contributed by atoms with Gasteiger partial charge in [0.2, 0.25) is 0 Å². The Kier molecular flexibility index (Phi) is 5.81. The van der Waals surface area contributed by atoms with Gasteiger partial charge in [-0.2, -0.15) is 0 Å². The smallest absolute Gasteiger partial charge is 0.255 e. The highest BCUT2D eigenvalue weighted by molar-refractivity contribution is 6.31. The van der Waals surface area contributed by atoms with E-state index < -0.39 is 6.10 Å². The molecule has 0 spiro atoms. The van der Waals surface area contributed by atoms with E-state index in [0.717, 1.165) is 5.56 Å². The van der Waals surface area contributed by atoms with E-state index in [2.05, 4.69) is 5.32 Å². The number of ether oxygens (including phenoxy) is 1. The third kappa shape index (κ3) is 4.23. The predicted molar refractivity (Wildman–Crippen MR) is 86.4 cm³/mol. The van der Waals surface area contributed by atoms with Crippen LogP contribution in [0, 0.1) is 0 Å². The zero-order chi connectivity index (χ0) is 15.9. The van der Waals surface area contributed by atoms with Gasteiger partial charge in [0.25, 0.3) is 5.91 Å². The molecular weight excluding hydrogens is 302 g/mol. The highest BCUT2D eigenvalue weighted by atomic mass is 35.5. The van der Waals surface area contributed by atoms with Crippen molar-refractivity contribution < 1.29 is 14.6 Å². The van der Waals surface area contributed by atoms with Gasteiger partial charge in [0.1, 0.15) is 5.75 Å². The number of nitrogens with one attached hydrogen (secondary N) is 1. The fourth-order valence-electron chi connectivity index (χ4n) is 2.12. The zero-order valence-electron chi connectivity index (χ0n) is 12.3. The molecule has 0 bridgehead atoms. The molecule has 0 aliphatic carbocycles. The molecule has 0 saturated carbocycles. The van der Waals surface area contributed by atoms with Crippen molar-refractivity contribution in [1.82, 2.24) is 5.32 Å². The van der Waals surface area contributed by atoms with Gasteiger partial charge in [-0.15, -0.1) is 0 Å². The Bertz CT molecular complexity index is 631. The Morgan fingerprint density at radius 1 is 1.27 bits per heavy atom. The van der Waals surface area contributed by atoms with Gasteiger partial charge in [-0.3, -0.25) is 4.79 Å². The molecule has 116 valence electrons. The first-order chi connectivity index (χ1) is 10.6. The molecule has 2 aromatic carbocycles. The Hall–Kier alpha value is -2.04. The molecule has 1 atom stereocenters. The Balaban J connectivity index is 1.92. The van der Waals surface area contributed by atoms with Gasteiger partial charge in [0.15, 0.2) is 0 Å². The van der Waals surface area contributed by atoms with E-state index in [1.165, 1.54) is 7.11 Å². The zero-order valence-corrected chi connectivity index (χ0v) is 13.0. The number of amides is 1. The minimum Gasteiger partial charge on any atom is -0.496 e. The lowest BCUT2D eigenvalue weighted by molar-refractivity contribution is 0.0939. The molecule has 0 aliphatic heterocycles. The van der Waals surface area contributed by atoms with Crippen LogP contribution in [0.4, 0.5) is 0 Å². The van der Waals surface area contributed by atoms with Crippen molar-refractivity contribution in [2.45, 2.75) is 12.5 Å². The van der Waals surface area contributed by atoms with Crippen LogP contribution < -0.4 is 10.1 Å². The molecule has 1 unspecified atom stereocenters. The number of aliphatic hydroxyl groups is 1. The van der Waals surface area contributed by atoms with Crippen LogP contribution in [-0.2, 0) is 0 Å². The fraction of sp³-hybridized carbons (Fsp3) is 0.235. The number of halogens is 1. The predicted octanol–water partition coefficient (Wildman–Crippen LogP) is 3.20. The van der Waals surface area contributed by atoms with E-state index in [0.29, 0.717) is 29.3 Å². The molecule has 22 heavy (non-hydrogen) atoms. The van der Waals surface area contributed by atoms with Crippen LogP contribution >= 0.6 is 11.6 Å². The van der Waals surface area contributed by atoms with Crippen LogP contribution in [-0.4, -0.2) is 24.7 Å². The van der Waals surface area contributed by atoms with Gasteiger partial charge in [0.05, 0.1) is 18.8 Å². The van der Waals surface area contributed by atoms with E-state index >= 15 is 0 Å². The van der Waals surface area contributed by atoms with Gasteiger partial charge in [-0.05, 0) is 30.2 Å². The molecule has 0 saturated heterocycles. The quantitative estimate of drug-likeness (QED) is 0.859. The molecule has 2 aromatic rings. The third-order valence-corrected chi connectivity index (χ3v) is 3.53. The molecule has 0 heterocycles. The van der Waals surface area contributed by atoms with Crippen molar-refractivity contribution in [3.05, 3.63) is 64.7 Å². The summed E-state index contributed by atoms with van der Waals surface area (Å²) >= 11 is 5.91. The number of hydrogen-bond donors (Lipinski definition) is 2. The summed E-state index contributed by atoms with van der Waals surface area (Å²) in [6.07, 6.45) is -0.179. The van der Waals surface area contributed by atoms with Crippen molar-refractivity contribution in [1.29, 1.82) is 0 Å². The summed E-state index contributed by atoms with van der Waals surface area (Å²) in [5.41, 5.74) is 1.21. The summed E-state index contributed by atoms with van der Waals surface area (Å²) in [6, 6.07) is 14.2. The summed E-state index contributed by atoms with van der Waals surface area (Å²) in [4.78, 5) is 12.2. The molecule has 2 rings (SSSR count). The number of carbonyl (C=O) groups is 1. The van der Waals surface area contributed by atoms with Gasteiger partial charge in [-0.1, -0.05) is 41.9 Å². The number of rotatable bonds is 6. The maximum atomic E-state index is 12.2. The minimum absolute atomic E-state index is 0.278. The maximum Gasteiger partial charge on any atom is 0.255 e. The van der Waals surface area contributed by atoms with Crippen molar-refractivity contribution in [2.24, 2.45) is 0 Å². The number of carbonyl (C=O) groups excluding carboxylic acids is 1. The first kappa shape index (κ1) is 16.3. The highest BCUT2D eigenvalue weighted by Gasteiger charge is 2.13. The number of benzene rings is 2. The molecule has 0 fully saturated rings. The van der Waals surface area contributed by atoms with Gasteiger partial charge >= 0.3 is 0 Å². The molecule has 0 aliphatic rings. The van der Waals surface area contributed by atoms with Crippen LogP contribution in [0.25, 0.3) is 0 Å². The van der Waals surface area contributed by atoms with Gasteiger partial charge < -0.3 is 15.2 Å². The van der Waals surface area contributed by atoms with E-state index in [9.17, 15) is 9.90 Å². The van der Waals surface area contributed by atoms with E-state index in [1.807, 2.05) is 30.3 Å². The molecule has 4 nitrogen and oxygen atoms in total. The summed E-state index contributed by atoms with van der Waals surface area (Å²) in [7, 11) is 1.50. The molecule has 2 N–H and O–H groups in total. The Morgan fingerprint density at radius 2 is 2.00 bits per heavy atom. The lowest BCUT2D eigenvalue weighted by atomic mass is 10.1. The van der Waals surface area contributed by atoms with Crippen molar-refractivity contribution in [3.63, 3.8) is 0 Å². The lowest BCUT2D eigenvalue weighted by Gasteiger charge is -2.13. The third-order valence-electron chi connectivity index (χ3n) is 3.29. The first-order valence-corrected chi connectivity index (χ1v) is 7.34. The second-order valence-corrected chi connectivity index (χ2v) is 5.25. The van der Waals surface area contributed by atoms with Crippen molar-refractivity contribution >= 4 is 17.5 Å². The second kappa shape index (κ2) is 7.82. The van der Waals surface area contributed by atoms with Gasteiger partial charge in [-0.25, -0.2) is 0 Å². The summed E-state index contributed by atoms with van der Waals surface area (Å²) in [6.45, 7) is 0.352. The molecule has 5 heteroatoms. The largest absolute Gasteiger partial charge is 0.496 e. The van der Waals surface area contributed by atoms with Gasteiger partial charge in [0, 0.05) is 11.6 Å². The minimum atomic E-state index is -0.609. The maximum absolute atomic E-state index is 12.2. The fourth-order valence-corrected chi connectivity index (χ4v) is 2.29. The van der Waals surface area contributed by atoms with Crippen LogP contribution in [0.3, 0.4) is 0 Å². The number of hydrogen-bond acceptors (Lipinski definition) is 3. The topological polar surface area (TPSA) is 58.6 Å². The summed E-state index contributed by atoms with van der Waals surface area (Å²) < 4.78 is 5.15. The first-order valence-electron chi connectivity index (χ1n) is 6.96. The number of aliphatic hydroxyl groups excluding tert-OH is 1. The second-order valence-electron chi connectivity index (χ2n) is 4.82. The molecule has 1 amide bonds. The van der Waals surface area contributed by atoms with Crippen LogP contribution in [0.2, 0.25) is 5.02 Å². The highest BCUT2D eigenvalue weighted by Crippen LogP contribution is 2.22. The molecule has 0 radical (unpaired) electrons. The Morgan fingerprint density at radius 3 is 2.68 bits per heavy atom. The monoisotopic (exact) mass is 319 g/mol. The Labute approximate surface area is 134 Å². The van der Waals surface area contributed by atoms with E-state index in [-0.39, 0.29) is 5.91 Å².